The van der Waals surface area contributed by atoms with Crippen molar-refractivity contribution in [1.29, 1.82) is 0 Å². The maximum absolute atomic E-state index is 12.5. The van der Waals surface area contributed by atoms with Crippen LogP contribution in [0.4, 0.5) is 0 Å². The molecule has 9 heteroatoms. The summed E-state index contributed by atoms with van der Waals surface area (Å²) in [6.45, 7) is 5.93. The molecule has 0 aliphatic carbocycles. The number of nitrogens with zero attached hydrogens (tertiary/aromatic N) is 1. The third-order valence-electron chi connectivity index (χ3n) is 3.91. The highest BCUT2D eigenvalue weighted by Crippen LogP contribution is 2.40. The normalized spacial score (nSPS) is 31.1. The van der Waals surface area contributed by atoms with Crippen LogP contribution in [-0.4, -0.2) is 79.8 Å². The van der Waals surface area contributed by atoms with Crippen molar-refractivity contribution in [3.8, 4) is 0 Å². The summed E-state index contributed by atoms with van der Waals surface area (Å²) in [5.41, 5.74) is 0. The molecule has 9 nitrogen and oxygen atoms in total. The van der Waals surface area contributed by atoms with E-state index in [-0.39, 0.29) is 6.61 Å². The molecule has 0 radical (unpaired) electrons. The molecule has 2 rings (SSSR count). The second-order valence-corrected chi connectivity index (χ2v) is 6.77. The fourth-order valence-corrected chi connectivity index (χ4v) is 2.98. The molecule has 0 spiro atoms. The monoisotopic (exact) mass is 359 g/mol. The van der Waals surface area contributed by atoms with Crippen LogP contribution in [0.15, 0.2) is 0 Å². The van der Waals surface area contributed by atoms with E-state index >= 15 is 0 Å². The summed E-state index contributed by atoms with van der Waals surface area (Å²) < 4.78 is 27.8. The molecular weight excluding hydrogens is 334 g/mol. The van der Waals surface area contributed by atoms with Crippen molar-refractivity contribution in [2.24, 2.45) is 0 Å². The third kappa shape index (κ3) is 4.47. The lowest BCUT2D eigenvalue weighted by Crippen LogP contribution is -2.49. The van der Waals surface area contributed by atoms with Crippen LogP contribution in [0.2, 0.25) is 0 Å². The molecule has 2 saturated heterocycles. The first kappa shape index (κ1) is 19.6. The Morgan fingerprint density at radius 3 is 2.20 bits per heavy atom. The number of likely N-dealkylation sites (N-methyl/N-ethyl adjacent to an activating group) is 1. The Hall–Kier alpha value is -1.71. The summed E-state index contributed by atoms with van der Waals surface area (Å²) in [6, 6.07) is 0. The topological polar surface area (TPSA) is 101 Å². The zero-order chi connectivity index (χ0) is 18.9. The standard InChI is InChI=1S/C16H25NO8/c1-8(18)21-7-10-11-13(25-16(3,4)24-11)12(23-10)14(22-9(2)19)15(20)17(5)6/h10-14H,7H2,1-6H3/t10-,11-,12-,13-,14-/m1/s1. The summed E-state index contributed by atoms with van der Waals surface area (Å²) in [4.78, 5) is 36.3. The average Bonchev–Trinajstić information content (AvgIpc) is 2.95. The number of carbonyl (C=O) groups is 3. The molecule has 0 bridgehead atoms. The number of ether oxygens (including phenoxy) is 5. The Morgan fingerprint density at radius 1 is 1.08 bits per heavy atom. The van der Waals surface area contributed by atoms with Crippen molar-refractivity contribution in [2.45, 2.75) is 64.0 Å². The van der Waals surface area contributed by atoms with Gasteiger partial charge in [-0.1, -0.05) is 0 Å². The molecule has 2 aliphatic rings. The number of amides is 1. The number of esters is 2. The van der Waals surface area contributed by atoms with Gasteiger partial charge in [-0.25, -0.2) is 0 Å². The Labute approximate surface area is 146 Å². The van der Waals surface area contributed by atoms with E-state index in [9.17, 15) is 14.4 Å². The molecule has 1 amide bonds. The molecule has 5 atom stereocenters. The van der Waals surface area contributed by atoms with Gasteiger partial charge in [0.05, 0.1) is 0 Å². The number of carbonyl (C=O) groups excluding carboxylic acids is 3. The van der Waals surface area contributed by atoms with Crippen LogP contribution in [-0.2, 0) is 38.1 Å². The fourth-order valence-electron chi connectivity index (χ4n) is 2.98. The van der Waals surface area contributed by atoms with Gasteiger partial charge in [-0.3, -0.25) is 14.4 Å². The highest BCUT2D eigenvalue weighted by atomic mass is 16.8. The predicted molar refractivity (Wildman–Crippen MR) is 83.4 cm³/mol. The van der Waals surface area contributed by atoms with Gasteiger partial charge >= 0.3 is 11.9 Å². The second-order valence-electron chi connectivity index (χ2n) is 6.77. The van der Waals surface area contributed by atoms with Crippen molar-refractivity contribution >= 4 is 17.8 Å². The van der Waals surface area contributed by atoms with Crippen LogP contribution in [0, 0.1) is 0 Å². The van der Waals surface area contributed by atoms with Gasteiger partial charge in [0, 0.05) is 27.9 Å². The number of hydrogen-bond donors (Lipinski definition) is 0. The molecule has 0 saturated carbocycles. The van der Waals surface area contributed by atoms with Crippen molar-refractivity contribution in [3.63, 3.8) is 0 Å². The minimum atomic E-state index is -1.18. The van der Waals surface area contributed by atoms with Gasteiger partial charge in [0.25, 0.3) is 5.91 Å². The Balaban J connectivity index is 2.25. The van der Waals surface area contributed by atoms with E-state index in [0.29, 0.717) is 0 Å². The third-order valence-corrected chi connectivity index (χ3v) is 3.91. The minimum absolute atomic E-state index is 0.0462. The van der Waals surface area contributed by atoms with E-state index in [4.69, 9.17) is 23.7 Å². The first-order valence-corrected chi connectivity index (χ1v) is 8.04. The SMILES string of the molecule is CC(=O)OC[C@H]1O[C@@H]([C@@H](OC(C)=O)C(=O)N(C)C)[C@@H]2OC(C)(C)O[C@@H]21. The van der Waals surface area contributed by atoms with Crippen LogP contribution < -0.4 is 0 Å². The fraction of sp³-hybridized carbons (Fsp3) is 0.812. The van der Waals surface area contributed by atoms with E-state index in [1.54, 1.807) is 27.9 Å². The molecule has 2 aliphatic heterocycles. The lowest BCUT2D eigenvalue weighted by molar-refractivity contribution is -0.208. The van der Waals surface area contributed by atoms with Gasteiger partial charge in [-0.05, 0) is 13.8 Å². The molecular formula is C16H25NO8. The summed E-state index contributed by atoms with van der Waals surface area (Å²) >= 11 is 0. The Kier molecular flexibility index (Phi) is 5.70. The summed E-state index contributed by atoms with van der Waals surface area (Å²) in [5, 5.41) is 0. The van der Waals surface area contributed by atoms with Crippen LogP contribution in [0.25, 0.3) is 0 Å². The van der Waals surface area contributed by atoms with Crippen LogP contribution in [0.1, 0.15) is 27.7 Å². The number of hydrogen-bond acceptors (Lipinski definition) is 8. The van der Waals surface area contributed by atoms with Gasteiger partial charge in [0.2, 0.25) is 6.10 Å². The van der Waals surface area contributed by atoms with Crippen LogP contribution >= 0.6 is 0 Å². The van der Waals surface area contributed by atoms with Crippen LogP contribution in [0.5, 0.6) is 0 Å². The molecule has 0 unspecified atom stereocenters. The maximum atomic E-state index is 12.5. The van der Waals surface area contributed by atoms with Gasteiger partial charge < -0.3 is 28.6 Å². The predicted octanol–water partition coefficient (Wildman–Crippen LogP) is -0.143. The Bertz CT molecular complexity index is 546. The maximum Gasteiger partial charge on any atom is 0.303 e. The molecule has 142 valence electrons. The molecule has 0 aromatic carbocycles. The first-order valence-electron chi connectivity index (χ1n) is 8.04. The molecule has 2 fully saturated rings. The van der Waals surface area contributed by atoms with Gasteiger partial charge in [-0.2, -0.15) is 0 Å². The van der Waals surface area contributed by atoms with Crippen molar-refractivity contribution in [1.82, 2.24) is 4.90 Å². The number of rotatable bonds is 5. The van der Waals surface area contributed by atoms with Gasteiger partial charge in [-0.15, -0.1) is 0 Å². The van der Waals surface area contributed by atoms with Gasteiger partial charge in [0.15, 0.2) is 5.79 Å². The summed E-state index contributed by atoms with van der Waals surface area (Å²) in [5.74, 6) is -2.39. The summed E-state index contributed by atoms with van der Waals surface area (Å²) in [7, 11) is 3.11. The molecule has 0 N–H and O–H groups in total. The summed E-state index contributed by atoms with van der Waals surface area (Å²) in [6.07, 6.45) is -3.86. The lowest BCUT2D eigenvalue weighted by atomic mass is 10.0. The zero-order valence-corrected chi connectivity index (χ0v) is 15.3. The lowest BCUT2D eigenvalue weighted by Gasteiger charge is -2.29. The van der Waals surface area contributed by atoms with E-state index < -0.39 is 54.2 Å². The molecule has 0 aromatic heterocycles. The minimum Gasteiger partial charge on any atom is -0.463 e. The second kappa shape index (κ2) is 7.27. The van der Waals surface area contributed by atoms with E-state index in [0.717, 1.165) is 0 Å². The van der Waals surface area contributed by atoms with Crippen molar-refractivity contribution < 1.29 is 38.1 Å². The quantitative estimate of drug-likeness (QED) is 0.625. The van der Waals surface area contributed by atoms with Crippen LogP contribution in [0.3, 0.4) is 0 Å². The zero-order valence-electron chi connectivity index (χ0n) is 15.3. The number of fused-ring (bicyclic) bond motifs is 1. The highest BCUT2D eigenvalue weighted by Gasteiger charge is 2.59. The smallest absolute Gasteiger partial charge is 0.303 e. The molecule has 0 aromatic rings. The van der Waals surface area contributed by atoms with Gasteiger partial charge in [0.1, 0.15) is 31.0 Å². The van der Waals surface area contributed by atoms with E-state index in [2.05, 4.69) is 0 Å². The van der Waals surface area contributed by atoms with Crippen molar-refractivity contribution in [3.05, 3.63) is 0 Å². The largest absolute Gasteiger partial charge is 0.463 e. The van der Waals surface area contributed by atoms with E-state index in [1.165, 1.54) is 18.7 Å². The highest BCUT2D eigenvalue weighted by molar-refractivity contribution is 5.83. The first-order chi connectivity index (χ1) is 11.5. The molecule has 2 heterocycles. The average molecular weight is 359 g/mol. The molecule has 25 heavy (non-hydrogen) atoms. The van der Waals surface area contributed by atoms with Crippen molar-refractivity contribution in [2.75, 3.05) is 20.7 Å². The Morgan fingerprint density at radius 2 is 1.68 bits per heavy atom. The van der Waals surface area contributed by atoms with E-state index in [1.807, 2.05) is 0 Å².